The minimum Gasteiger partial charge on any atom is -0.466 e. The Kier molecular flexibility index (Phi) is 16.1. The first kappa shape index (κ1) is 25.4. The van der Waals surface area contributed by atoms with Crippen molar-refractivity contribution in [2.75, 3.05) is 46.2 Å². The molecule has 0 aromatic carbocycles. The summed E-state index contributed by atoms with van der Waals surface area (Å²) >= 11 is 0. The largest absolute Gasteiger partial charge is 0.466 e. The number of ether oxygens (including phenoxy) is 4. The third kappa shape index (κ3) is 19.7. The Balaban J connectivity index is 3.31. The van der Waals surface area contributed by atoms with E-state index in [0.717, 1.165) is 32.3 Å². The molecule has 0 amide bonds. The maximum absolute atomic E-state index is 11.7. The lowest BCUT2D eigenvalue weighted by Crippen LogP contribution is -2.14. The number of rotatable bonds is 17. The number of unbranched alkanes of at least 4 members (excludes halogenated alkanes) is 1. The van der Waals surface area contributed by atoms with Gasteiger partial charge in [-0.25, -0.2) is 0 Å². The van der Waals surface area contributed by atoms with Crippen molar-refractivity contribution in [1.82, 2.24) is 0 Å². The standard InChI is InChI=1S/C21H42O5/c1-6-7-11-23-14-16-25-17-15-24-12-8-9-20(22)26-13-10-19(2)18-21(3,4)5/h19H,6-18H2,1-5H3. The zero-order chi connectivity index (χ0) is 19.7. The van der Waals surface area contributed by atoms with Crippen molar-refractivity contribution >= 4 is 5.97 Å². The average molecular weight is 375 g/mol. The molecule has 5 heteroatoms. The van der Waals surface area contributed by atoms with E-state index in [1.54, 1.807) is 0 Å². The molecule has 0 aliphatic rings. The van der Waals surface area contributed by atoms with E-state index >= 15 is 0 Å². The van der Waals surface area contributed by atoms with Crippen LogP contribution in [0.4, 0.5) is 0 Å². The highest BCUT2D eigenvalue weighted by Gasteiger charge is 2.15. The van der Waals surface area contributed by atoms with Crippen molar-refractivity contribution in [2.24, 2.45) is 11.3 Å². The van der Waals surface area contributed by atoms with Crippen LogP contribution in [0, 0.1) is 11.3 Å². The van der Waals surface area contributed by atoms with Gasteiger partial charge in [0, 0.05) is 19.6 Å². The second-order valence-corrected chi connectivity index (χ2v) is 8.17. The Morgan fingerprint density at radius 2 is 1.38 bits per heavy atom. The summed E-state index contributed by atoms with van der Waals surface area (Å²) < 4.78 is 21.6. The number of hydrogen-bond acceptors (Lipinski definition) is 5. The van der Waals surface area contributed by atoms with E-state index in [0.29, 0.717) is 63.8 Å². The Labute approximate surface area is 161 Å². The molecule has 156 valence electrons. The van der Waals surface area contributed by atoms with Gasteiger partial charge >= 0.3 is 5.97 Å². The molecule has 0 rings (SSSR count). The van der Waals surface area contributed by atoms with Gasteiger partial charge in [0.25, 0.3) is 0 Å². The normalized spacial score (nSPS) is 13.0. The van der Waals surface area contributed by atoms with Crippen LogP contribution in [0.5, 0.6) is 0 Å². The van der Waals surface area contributed by atoms with E-state index in [-0.39, 0.29) is 5.97 Å². The number of carbonyl (C=O) groups excluding carboxylic acids is 1. The zero-order valence-electron chi connectivity index (χ0n) is 17.8. The molecular weight excluding hydrogens is 332 g/mol. The lowest BCUT2D eigenvalue weighted by Gasteiger charge is -2.22. The third-order valence-electron chi connectivity index (χ3n) is 3.89. The minimum atomic E-state index is -0.128. The molecule has 1 atom stereocenters. The van der Waals surface area contributed by atoms with Crippen molar-refractivity contribution < 1.29 is 23.7 Å². The molecule has 0 N–H and O–H groups in total. The molecular formula is C21H42O5. The van der Waals surface area contributed by atoms with Crippen LogP contribution in [-0.4, -0.2) is 52.2 Å². The molecule has 0 fully saturated rings. The summed E-state index contributed by atoms with van der Waals surface area (Å²) in [7, 11) is 0. The molecule has 0 aliphatic carbocycles. The molecule has 1 unspecified atom stereocenters. The summed E-state index contributed by atoms with van der Waals surface area (Å²) in [5, 5.41) is 0. The number of carbonyl (C=O) groups is 1. The van der Waals surface area contributed by atoms with Gasteiger partial charge in [-0.15, -0.1) is 0 Å². The van der Waals surface area contributed by atoms with Gasteiger partial charge in [0.1, 0.15) is 0 Å². The molecule has 5 nitrogen and oxygen atoms in total. The molecule has 0 saturated heterocycles. The first-order valence-corrected chi connectivity index (χ1v) is 10.2. The minimum absolute atomic E-state index is 0.128. The fraction of sp³-hybridized carbons (Fsp3) is 0.952. The van der Waals surface area contributed by atoms with Crippen molar-refractivity contribution in [3.63, 3.8) is 0 Å². The predicted octanol–water partition coefficient (Wildman–Crippen LogP) is 4.62. The molecule has 0 heterocycles. The quantitative estimate of drug-likeness (QED) is 0.275. The van der Waals surface area contributed by atoms with Gasteiger partial charge in [-0.3, -0.25) is 4.79 Å². The van der Waals surface area contributed by atoms with Crippen LogP contribution in [0.2, 0.25) is 0 Å². The Morgan fingerprint density at radius 1 is 0.846 bits per heavy atom. The van der Waals surface area contributed by atoms with E-state index in [9.17, 15) is 4.79 Å². The van der Waals surface area contributed by atoms with Crippen LogP contribution < -0.4 is 0 Å². The molecule has 0 saturated carbocycles. The summed E-state index contributed by atoms with van der Waals surface area (Å²) in [6.45, 7) is 15.3. The Bertz CT molecular complexity index is 325. The third-order valence-corrected chi connectivity index (χ3v) is 3.89. The monoisotopic (exact) mass is 374 g/mol. The van der Waals surface area contributed by atoms with Crippen molar-refractivity contribution in [3.8, 4) is 0 Å². The Morgan fingerprint density at radius 3 is 1.92 bits per heavy atom. The molecule has 0 aromatic rings. The molecule has 26 heavy (non-hydrogen) atoms. The number of esters is 1. The summed E-state index contributed by atoms with van der Waals surface area (Å²) in [4.78, 5) is 11.7. The fourth-order valence-electron chi connectivity index (χ4n) is 2.70. The van der Waals surface area contributed by atoms with Crippen molar-refractivity contribution in [1.29, 1.82) is 0 Å². The lowest BCUT2D eigenvalue weighted by molar-refractivity contribution is -0.144. The maximum Gasteiger partial charge on any atom is 0.305 e. The summed E-state index contributed by atoms with van der Waals surface area (Å²) in [6.07, 6.45) is 5.43. The van der Waals surface area contributed by atoms with Crippen LogP contribution in [0.1, 0.15) is 73.1 Å². The predicted molar refractivity (Wildman–Crippen MR) is 105 cm³/mol. The SMILES string of the molecule is CCCCOCCOCCOCCCC(=O)OCCC(C)CC(C)(C)C. The topological polar surface area (TPSA) is 54.0 Å². The smallest absolute Gasteiger partial charge is 0.305 e. The van der Waals surface area contributed by atoms with Crippen LogP contribution >= 0.6 is 0 Å². The zero-order valence-corrected chi connectivity index (χ0v) is 17.8. The highest BCUT2D eigenvalue weighted by atomic mass is 16.5. The fourth-order valence-corrected chi connectivity index (χ4v) is 2.70. The first-order chi connectivity index (χ1) is 12.3. The number of hydrogen-bond donors (Lipinski definition) is 0. The van der Waals surface area contributed by atoms with E-state index < -0.39 is 0 Å². The van der Waals surface area contributed by atoms with Crippen molar-refractivity contribution in [3.05, 3.63) is 0 Å². The Hall–Kier alpha value is -0.650. The molecule has 0 radical (unpaired) electrons. The van der Waals surface area contributed by atoms with Gasteiger partial charge in [0.15, 0.2) is 0 Å². The van der Waals surface area contributed by atoms with Gasteiger partial charge in [0.05, 0.1) is 33.0 Å². The van der Waals surface area contributed by atoms with Crippen LogP contribution in [0.25, 0.3) is 0 Å². The van der Waals surface area contributed by atoms with E-state index in [2.05, 4.69) is 34.6 Å². The van der Waals surface area contributed by atoms with Gasteiger partial charge in [-0.2, -0.15) is 0 Å². The molecule has 0 aliphatic heterocycles. The first-order valence-electron chi connectivity index (χ1n) is 10.2. The molecule has 0 spiro atoms. The van der Waals surface area contributed by atoms with E-state index in [1.165, 1.54) is 0 Å². The second-order valence-electron chi connectivity index (χ2n) is 8.17. The van der Waals surface area contributed by atoms with E-state index in [4.69, 9.17) is 18.9 Å². The van der Waals surface area contributed by atoms with Crippen LogP contribution in [0.3, 0.4) is 0 Å². The van der Waals surface area contributed by atoms with Crippen molar-refractivity contribution in [2.45, 2.75) is 73.1 Å². The second kappa shape index (κ2) is 16.5. The summed E-state index contributed by atoms with van der Waals surface area (Å²) in [6, 6.07) is 0. The maximum atomic E-state index is 11.7. The van der Waals surface area contributed by atoms with Gasteiger partial charge in [-0.1, -0.05) is 41.0 Å². The highest BCUT2D eigenvalue weighted by molar-refractivity contribution is 5.69. The molecule has 0 bridgehead atoms. The average Bonchev–Trinajstić information content (AvgIpc) is 2.54. The summed E-state index contributed by atoms with van der Waals surface area (Å²) in [5.74, 6) is 0.445. The molecule has 0 aromatic heterocycles. The van der Waals surface area contributed by atoms with Gasteiger partial charge < -0.3 is 18.9 Å². The van der Waals surface area contributed by atoms with Gasteiger partial charge in [-0.05, 0) is 37.0 Å². The lowest BCUT2D eigenvalue weighted by atomic mass is 9.84. The van der Waals surface area contributed by atoms with E-state index in [1.807, 2.05) is 0 Å². The highest BCUT2D eigenvalue weighted by Crippen LogP contribution is 2.25. The van der Waals surface area contributed by atoms with Gasteiger partial charge in [0.2, 0.25) is 0 Å². The summed E-state index contributed by atoms with van der Waals surface area (Å²) in [5.41, 5.74) is 0.326. The van der Waals surface area contributed by atoms with Crippen LogP contribution in [0.15, 0.2) is 0 Å². The van der Waals surface area contributed by atoms with Crippen LogP contribution in [-0.2, 0) is 23.7 Å².